The quantitative estimate of drug-likeness (QED) is 0.725. The molecule has 0 heterocycles. The minimum absolute atomic E-state index is 0.0585. The van der Waals surface area contributed by atoms with Crippen LogP contribution < -0.4 is 5.32 Å². The summed E-state index contributed by atoms with van der Waals surface area (Å²) in [6.45, 7) is 3.98. The lowest BCUT2D eigenvalue weighted by Crippen LogP contribution is -2.29. The number of ketones is 1. The molecule has 0 fully saturated rings. The Morgan fingerprint density at radius 2 is 1.91 bits per heavy atom. The molecule has 0 aromatic heterocycles. The van der Waals surface area contributed by atoms with Gasteiger partial charge in [0, 0.05) is 25.5 Å². The molecule has 0 bridgehead atoms. The van der Waals surface area contributed by atoms with E-state index in [1.54, 1.807) is 6.92 Å². The van der Waals surface area contributed by atoms with Crippen molar-refractivity contribution in [2.24, 2.45) is 5.92 Å². The molecule has 4 nitrogen and oxygen atoms in total. The number of carbonyl (C=O) groups excluding carboxylic acids is 2. The van der Waals surface area contributed by atoms with Gasteiger partial charge in [-0.3, -0.25) is 9.59 Å². The van der Waals surface area contributed by atoms with Gasteiger partial charge in [0.2, 0.25) is 5.91 Å². The molecule has 1 amide bonds. The van der Waals surface area contributed by atoms with Gasteiger partial charge in [-0.15, -0.1) is 0 Å². The fourth-order valence-electron chi connectivity index (χ4n) is 2.12. The molecule has 0 aliphatic carbocycles. The van der Waals surface area contributed by atoms with Crippen LogP contribution in [0.2, 0.25) is 0 Å². The van der Waals surface area contributed by atoms with Gasteiger partial charge in [0.25, 0.3) is 0 Å². The second-order valence-corrected chi connectivity index (χ2v) is 5.54. The van der Waals surface area contributed by atoms with E-state index < -0.39 is 23.5 Å². The summed E-state index contributed by atoms with van der Waals surface area (Å²) in [6.07, 6.45) is -0.0640. The lowest BCUT2D eigenvalue weighted by atomic mass is 10.0. The van der Waals surface area contributed by atoms with Crippen molar-refractivity contribution in [2.45, 2.75) is 39.2 Å². The number of hydrogen-bond acceptors (Lipinski definition) is 3. The van der Waals surface area contributed by atoms with E-state index in [0.29, 0.717) is 19.0 Å². The van der Waals surface area contributed by atoms with Gasteiger partial charge in [0.1, 0.15) is 11.6 Å². The third-order valence-electron chi connectivity index (χ3n) is 3.20. The number of carbonyl (C=O) groups is 2. The summed E-state index contributed by atoms with van der Waals surface area (Å²) in [4.78, 5) is 23.4. The minimum atomic E-state index is -0.920. The van der Waals surface area contributed by atoms with Crippen LogP contribution in [0.15, 0.2) is 18.2 Å². The third-order valence-corrected chi connectivity index (χ3v) is 3.20. The first-order chi connectivity index (χ1) is 10.3. The molecule has 122 valence electrons. The number of benzene rings is 1. The molecule has 2 unspecified atom stereocenters. The topological polar surface area (TPSA) is 66.4 Å². The molecule has 1 rings (SSSR count). The summed E-state index contributed by atoms with van der Waals surface area (Å²) in [5.74, 6) is -2.40. The lowest BCUT2D eigenvalue weighted by molar-refractivity contribution is -0.121. The maximum absolute atomic E-state index is 13.4. The standard InChI is InChI=1S/C16H21F2NO3/c1-10(7-11(2)20)9-19-16(22)6-5-15(21)13-4-3-12(17)8-14(13)18/h3-4,8,10-11,20H,5-7,9H2,1-2H3,(H,19,22). The van der Waals surface area contributed by atoms with Gasteiger partial charge in [-0.25, -0.2) is 8.78 Å². The van der Waals surface area contributed by atoms with Crippen LogP contribution in [-0.4, -0.2) is 29.4 Å². The predicted molar refractivity (Wildman–Crippen MR) is 78.4 cm³/mol. The van der Waals surface area contributed by atoms with Crippen molar-refractivity contribution >= 4 is 11.7 Å². The van der Waals surface area contributed by atoms with Crippen molar-refractivity contribution in [3.63, 3.8) is 0 Å². The van der Waals surface area contributed by atoms with Gasteiger partial charge in [-0.2, -0.15) is 0 Å². The van der Waals surface area contributed by atoms with Gasteiger partial charge >= 0.3 is 0 Å². The van der Waals surface area contributed by atoms with Crippen LogP contribution >= 0.6 is 0 Å². The normalized spacial score (nSPS) is 13.5. The predicted octanol–water partition coefficient (Wildman–Crippen LogP) is 2.45. The van der Waals surface area contributed by atoms with Crippen molar-refractivity contribution in [3.05, 3.63) is 35.4 Å². The molecule has 22 heavy (non-hydrogen) atoms. The molecule has 0 saturated carbocycles. The van der Waals surface area contributed by atoms with Crippen molar-refractivity contribution in [1.82, 2.24) is 5.32 Å². The molecule has 0 aliphatic rings. The molecular weight excluding hydrogens is 292 g/mol. The zero-order valence-electron chi connectivity index (χ0n) is 12.7. The van der Waals surface area contributed by atoms with E-state index in [4.69, 9.17) is 0 Å². The Bertz CT molecular complexity index is 532. The van der Waals surface area contributed by atoms with Gasteiger partial charge < -0.3 is 10.4 Å². The summed E-state index contributed by atoms with van der Waals surface area (Å²) >= 11 is 0. The average molecular weight is 313 g/mol. The summed E-state index contributed by atoms with van der Waals surface area (Å²) in [7, 11) is 0. The van der Waals surface area contributed by atoms with Gasteiger partial charge in [-0.1, -0.05) is 6.92 Å². The highest BCUT2D eigenvalue weighted by Crippen LogP contribution is 2.12. The number of rotatable bonds is 8. The van der Waals surface area contributed by atoms with E-state index in [1.807, 2.05) is 6.92 Å². The van der Waals surface area contributed by atoms with Crippen LogP contribution in [0.5, 0.6) is 0 Å². The van der Waals surface area contributed by atoms with Crippen molar-refractivity contribution in [1.29, 1.82) is 0 Å². The maximum Gasteiger partial charge on any atom is 0.220 e. The molecular formula is C16H21F2NO3. The van der Waals surface area contributed by atoms with Crippen LogP contribution in [0, 0.1) is 17.6 Å². The first kappa shape index (κ1) is 18.2. The molecule has 0 spiro atoms. The van der Waals surface area contributed by atoms with Crippen molar-refractivity contribution < 1.29 is 23.5 Å². The highest BCUT2D eigenvalue weighted by Gasteiger charge is 2.14. The van der Waals surface area contributed by atoms with Gasteiger partial charge in [0.15, 0.2) is 5.78 Å². The fourth-order valence-corrected chi connectivity index (χ4v) is 2.12. The molecule has 0 saturated heterocycles. The maximum atomic E-state index is 13.4. The lowest BCUT2D eigenvalue weighted by Gasteiger charge is -2.14. The van der Waals surface area contributed by atoms with Gasteiger partial charge in [-0.05, 0) is 31.4 Å². The molecule has 0 radical (unpaired) electrons. The van der Waals surface area contributed by atoms with Crippen LogP contribution in [-0.2, 0) is 4.79 Å². The first-order valence-electron chi connectivity index (χ1n) is 7.22. The molecule has 1 aromatic rings. The Labute approximate surface area is 128 Å². The average Bonchev–Trinajstić information content (AvgIpc) is 2.41. The second kappa shape index (κ2) is 8.58. The van der Waals surface area contributed by atoms with E-state index in [9.17, 15) is 23.5 Å². The number of amides is 1. The fraction of sp³-hybridized carbons (Fsp3) is 0.500. The molecule has 1 aromatic carbocycles. The van der Waals surface area contributed by atoms with E-state index in [1.165, 1.54) is 0 Å². The molecule has 6 heteroatoms. The zero-order chi connectivity index (χ0) is 16.7. The second-order valence-electron chi connectivity index (χ2n) is 5.54. The Morgan fingerprint density at radius 1 is 1.23 bits per heavy atom. The molecule has 2 N–H and O–H groups in total. The Morgan fingerprint density at radius 3 is 2.50 bits per heavy atom. The third kappa shape index (κ3) is 6.30. The van der Waals surface area contributed by atoms with Crippen LogP contribution in [0.3, 0.4) is 0 Å². The van der Waals surface area contributed by atoms with Crippen LogP contribution in [0.1, 0.15) is 43.5 Å². The van der Waals surface area contributed by atoms with Crippen LogP contribution in [0.25, 0.3) is 0 Å². The summed E-state index contributed by atoms with van der Waals surface area (Å²) in [6, 6.07) is 2.73. The SMILES string of the molecule is CC(O)CC(C)CNC(=O)CCC(=O)c1ccc(F)cc1F. The number of Topliss-reactive ketones (excluding diaryl/α,β-unsaturated/α-hetero) is 1. The number of aliphatic hydroxyl groups is 1. The largest absolute Gasteiger partial charge is 0.393 e. The van der Waals surface area contributed by atoms with E-state index in [2.05, 4.69) is 5.32 Å². The van der Waals surface area contributed by atoms with E-state index in [-0.39, 0.29) is 30.2 Å². The number of hydrogen-bond donors (Lipinski definition) is 2. The Balaban J connectivity index is 2.39. The Kier molecular flexibility index (Phi) is 7.11. The number of aliphatic hydroxyl groups excluding tert-OH is 1. The van der Waals surface area contributed by atoms with E-state index >= 15 is 0 Å². The monoisotopic (exact) mass is 313 g/mol. The summed E-state index contributed by atoms with van der Waals surface area (Å²) in [5, 5.41) is 11.9. The molecule has 0 aliphatic heterocycles. The number of nitrogens with one attached hydrogen (secondary N) is 1. The highest BCUT2D eigenvalue weighted by atomic mass is 19.1. The summed E-state index contributed by atoms with van der Waals surface area (Å²) in [5.41, 5.74) is -0.211. The zero-order valence-corrected chi connectivity index (χ0v) is 12.7. The van der Waals surface area contributed by atoms with Gasteiger partial charge in [0.05, 0.1) is 11.7 Å². The minimum Gasteiger partial charge on any atom is -0.393 e. The smallest absolute Gasteiger partial charge is 0.220 e. The van der Waals surface area contributed by atoms with E-state index in [0.717, 1.165) is 12.1 Å². The van der Waals surface area contributed by atoms with Crippen LogP contribution in [0.4, 0.5) is 8.78 Å². The summed E-state index contributed by atoms with van der Waals surface area (Å²) < 4.78 is 26.2. The first-order valence-corrected chi connectivity index (χ1v) is 7.22. The van der Waals surface area contributed by atoms with Crippen molar-refractivity contribution in [2.75, 3.05) is 6.54 Å². The van der Waals surface area contributed by atoms with Crippen molar-refractivity contribution in [3.8, 4) is 0 Å². The molecule has 2 atom stereocenters. The highest BCUT2D eigenvalue weighted by molar-refractivity contribution is 5.98. The Hall–Kier alpha value is -1.82. The number of halogens is 2.